The fourth-order valence-corrected chi connectivity index (χ4v) is 7.44. The van der Waals surface area contributed by atoms with Crippen LogP contribution in [0.4, 0.5) is 0 Å². The highest BCUT2D eigenvalue weighted by Crippen LogP contribution is 2.13. The lowest BCUT2D eigenvalue weighted by Crippen LogP contribution is -2.30. The molecule has 0 spiro atoms. The minimum Gasteiger partial charge on any atom is -0.462 e. The molecule has 0 saturated heterocycles. The number of hydrogen-bond acceptors (Lipinski definition) is 5. The van der Waals surface area contributed by atoms with Gasteiger partial charge in [0.15, 0.2) is 6.10 Å². The molecule has 0 amide bonds. The summed E-state index contributed by atoms with van der Waals surface area (Å²) >= 11 is 0. The van der Waals surface area contributed by atoms with Crippen LogP contribution in [0.25, 0.3) is 0 Å². The number of carbonyl (C=O) groups is 2. The Kier molecular flexibility index (Phi) is 53.4. The van der Waals surface area contributed by atoms with Crippen LogP contribution >= 0.6 is 0 Å². The van der Waals surface area contributed by atoms with Crippen molar-refractivity contribution < 1.29 is 23.8 Å². The molecule has 0 heterocycles. The van der Waals surface area contributed by atoms with Crippen molar-refractivity contribution in [2.45, 2.75) is 258 Å². The van der Waals surface area contributed by atoms with E-state index in [-0.39, 0.29) is 25.2 Å². The van der Waals surface area contributed by atoms with E-state index in [0.29, 0.717) is 19.4 Å². The van der Waals surface area contributed by atoms with Crippen LogP contribution in [0.2, 0.25) is 0 Å². The van der Waals surface area contributed by atoms with E-state index in [1.54, 1.807) is 0 Å². The number of allylic oxidation sites excluding steroid dienone is 16. The molecule has 0 N–H and O–H groups in total. The maximum Gasteiger partial charge on any atom is 0.306 e. The van der Waals surface area contributed by atoms with Gasteiger partial charge >= 0.3 is 11.9 Å². The lowest BCUT2D eigenvalue weighted by atomic mass is 10.1. The molecule has 0 radical (unpaired) electrons. The first-order valence-corrected chi connectivity index (χ1v) is 27.8. The van der Waals surface area contributed by atoms with Crippen molar-refractivity contribution in [1.29, 1.82) is 0 Å². The van der Waals surface area contributed by atoms with Gasteiger partial charge in [-0.2, -0.15) is 0 Å². The highest BCUT2D eigenvalue weighted by molar-refractivity contribution is 5.70. The standard InChI is InChI=1S/C61H104O5/c1-4-7-10-13-16-19-22-25-27-29-31-32-34-37-39-42-45-48-51-54-60(62)65-58-59(66-61(63)55-52-49-46-43-40-36-24-21-18-15-12-9-6-3)57-64-56-53-50-47-44-41-38-35-33-30-28-26-23-20-17-14-11-8-5-2/h7,10,16-17,19-21,24-28,31-32,37,39,59H,4-6,8-9,11-15,18,22-23,29-30,33-36,38,40-58H2,1-3H3/b10-7-,19-16-,20-17-,24-21-,27-25-,28-26-,32-31-,39-37-. The van der Waals surface area contributed by atoms with Gasteiger partial charge < -0.3 is 14.2 Å². The van der Waals surface area contributed by atoms with Crippen LogP contribution in [0.5, 0.6) is 0 Å². The fraction of sp³-hybridized carbons (Fsp3) is 0.705. The lowest BCUT2D eigenvalue weighted by molar-refractivity contribution is -0.163. The molecule has 0 aromatic carbocycles. The summed E-state index contributed by atoms with van der Waals surface area (Å²) in [4.78, 5) is 25.5. The molecule has 378 valence electrons. The first-order valence-electron chi connectivity index (χ1n) is 27.8. The zero-order chi connectivity index (χ0) is 47.7. The molecule has 5 heteroatoms. The quantitative estimate of drug-likeness (QED) is 0.0346. The summed E-state index contributed by atoms with van der Waals surface area (Å²) in [6.45, 7) is 7.63. The second kappa shape index (κ2) is 56.1. The molecule has 0 saturated carbocycles. The van der Waals surface area contributed by atoms with Gasteiger partial charge in [0, 0.05) is 19.4 Å². The van der Waals surface area contributed by atoms with Crippen molar-refractivity contribution in [2.75, 3.05) is 19.8 Å². The van der Waals surface area contributed by atoms with Crippen molar-refractivity contribution in [3.63, 3.8) is 0 Å². The molecule has 5 nitrogen and oxygen atoms in total. The molecule has 0 bridgehead atoms. The zero-order valence-electron chi connectivity index (χ0n) is 43.4. The summed E-state index contributed by atoms with van der Waals surface area (Å²) in [7, 11) is 0. The molecule has 0 aromatic rings. The lowest BCUT2D eigenvalue weighted by Gasteiger charge is -2.18. The Balaban J connectivity index is 4.35. The van der Waals surface area contributed by atoms with E-state index in [1.165, 1.54) is 116 Å². The normalized spacial score (nSPS) is 13.0. The Morgan fingerprint density at radius 1 is 0.348 bits per heavy atom. The topological polar surface area (TPSA) is 61.8 Å². The van der Waals surface area contributed by atoms with Crippen molar-refractivity contribution >= 4 is 11.9 Å². The maximum atomic E-state index is 12.8. The van der Waals surface area contributed by atoms with Crippen molar-refractivity contribution in [3.8, 4) is 0 Å². The van der Waals surface area contributed by atoms with E-state index in [9.17, 15) is 9.59 Å². The number of ether oxygens (including phenoxy) is 3. The predicted molar refractivity (Wildman–Crippen MR) is 288 cm³/mol. The van der Waals surface area contributed by atoms with Gasteiger partial charge in [0.1, 0.15) is 6.61 Å². The molecule has 0 rings (SSSR count). The van der Waals surface area contributed by atoms with E-state index in [0.717, 1.165) is 103 Å². The van der Waals surface area contributed by atoms with Gasteiger partial charge in [0.2, 0.25) is 0 Å². The third-order valence-corrected chi connectivity index (χ3v) is 11.6. The zero-order valence-corrected chi connectivity index (χ0v) is 43.4. The molecule has 0 aliphatic rings. The van der Waals surface area contributed by atoms with E-state index in [2.05, 4.69) is 118 Å². The van der Waals surface area contributed by atoms with Gasteiger partial charge in [-0.05, 0) is 122 Å². The predicted octanol–water partition coefficient (Wildman–Crippen LogP) is 19.0. The Labute approximate surface area is 409 Å². The smallest absolute Gasteiger partial charge is 0.306 e. The van der Waals surface area contributed by atoms with Gasteiger partial charge in [0.05, 0.1) is 6.61 Å². The third-order valence-electron chi connectivity index (χ3n) is 11.6. The number of carbonyl (C=O) groups excluding carboxylic acids is 2. The third kappa shape index (κ3) is 53.4. The van der Waals surface area contributed by atoms with Crippen LogP contribution in [0.15, 0.2) is 97.2 Å². The second-order valence-corrected chi connectivity index (χ2v) is 18.1. The Bertz CT molecular complexity index is 1270. The molecule has 0 aromatic heterocycles. The van der Waals surface area contributed by atoms with E-state index in [4.69, 9.17) is 14.2 Å². The van der Waals surface area contributed by atoms with Crippen LogP contribution in [0.1, 0.15) is 252 Å². The van der Waals surface area contributed by atoms with Crippen molar-refractivity contribution in [3.05, 3.63) is 97.2 Å². The van der Waals surface area contributed by atoms with E-state index in [1.807, 2.05) is 0 Å². The largest absolute Gasteiger partial charge is 0.462 e. The average Bonchev–Trinajstić information content (AvgIpc) is 3.32. The SMILES string of the molecule is CC/C=C\C/C=C\C/C=C\C/C=C\C/C=C\CCCCCC(=O)OCC(COCCCCCCCCCC/C=C\C/C=C\CCCCC)OC(=O)CCCCCCC/C=C\CCCCCC. The van der Waals surface area contributed by atoms with Gasteiger partial charge in [0.25, 0.3) is 0 Å². The summed E-state index contributed by atoms with van der Waals surface area (Å²) in [5.41, 5.74) is 0. The summed E-state index contributed by atoms with van der Waals surface area (Å²) in [6, 6.07) is 0. The average molecular weight is 917 g/mol. The molecular weight excluding hydrogens is 813 g/mol. The molecular formula is C61H104O5. The van der Waals surface area contributed by atoms with E-state index < -0.39 is 6.10 Å². The molecule has 0 fully saturated rings. The van der Waals surface area contributed by atoms with Crippen molar-refractivity contribution in [2.24, 2.45) is 0 Å². The maximum absolute atomic E-state index is 12.8. The van der Waals surface area contributed by atoms with Crippen LogP contribution in [-0.2, 0) is 23.8 Å². The van der Waals surface area contributed by atoms with Gasteiger partial charge in [-0.1, -0.05) is 214 Å². The van der Waals surface area contributed by atoms with Crippen LogP contribution in [-0.4, -0.2) is 37.9 Å². The minimum atomic E-state index is -0.563. The number of unbranched alkanes of at least 4 members (excludes halogenated alkanes) is 23. The fourth-order valence-electron chi connectivity index (χ4n) is 7.44. The van der Waals surface area contributed by atoms with Crippen molar-refractivity contribution in [1.82, 2.24) is 0 Å². The summed E-state index contributed by atoms with van der Waals surface area (Å²) in [5, 5.41) is 0. The molecule has 1 unspecified atom stereocenters. The Hall–Kier alpha value is -3.18. The molecule has 0 aliphatic carbocycles. The van der Waals surface area contributed by atoms with Gasteiger partial charge in [-0.3, -0.25) is 9.59 Å². The summed E-state index contributed by atoms with van der Waals surface area (Å²) in [6.07, 6.45) is 75.6. The number of hydrogen-bond donors (Lipinski definition) is 0. The van der Waals surface area contributed by atoms with Gasteiger partial charge in [-0.15, -0.1) is 0 Å². The monoisotopic (exact) mass is 917 g/mol. The number of esters is 2. The van der Waals surface area contributed by atoms with Crippen LogP contribution < -0.4 is 0 Å². The highest BCUT2D eigenvalue weighted by atomic mass is 16.6. The molecule has 0 aliphatic heterocycles. The molecule has 1 atom stereocenters. The van der Waals surface area contributed by atoms with Gasteiger partial charge in [-0.25, -0.2) is 0 Å². The van der Waals surface area contributed by atoms with Crippen LogP contribution in [0, 0.1) is 0 Å². The summed E-state index contributed by atoms with van der Waals surface area (Å²) < 4.78 is 17.4. The first kappa shape index (κ1) is 62.8. The highest BCUT2D eigenvalue weighted by Gasteiger charge is 2.17. The second-order valence-electron chi connectivity index (χ2n) is 18.1. The first-order chi connectivity index (χ1) is 32.6. The molecule has 66 heavy (non-hydrogen) atoms. The number of rotatable bonds is 50. The minimum absolute atomic E-state index is 0.0582. The van der Waals surface area contributed by atoms with E-state index >= 15 is 0 Å². The van der Waals surface area contributed by atoms with Crippen LogP contribution in [0.3, 0.4) is 0 Å². The Morgan fingerprint density at radius 2 is 0.682 bits per heavy atom. The summed E-state index contributed by atoms with van der Waals surface area (Å²) in [5.74, 6) is -0.448. The Morgan fingerprint density at radius 3 is 1.15 bits per heavy atom.